The van der Waals surface area contributed by atoms with E-state index in [1.807, 2.05) is 0 Å². The summed E-state index contributed by atoms with van der Waals surface area (Å²) in [6, 6.07) is 16.3. The van der Waals surface area contributed by atoms with E-state index in [0.29, 0.717) is 0 Å². The third kappa shape index (κ3) is 1.56. The Morgan fingerprint density at radius 3 is 0.822 bits per heavy atom. The molecule has 1 nitrogen and oxygen atoms in total. The number of likely N-dealkylation sites (N-methyl/N-ethyl adjacent to an activating group) is 1. The van der Waals surface area contributed by atoms with E-state index in [2.05, 4.69) is 54.4 Å². The Morgan fingerprint density at radius 1 is 0.274 bits per heavy atom. The first kappa shape index (κ1) is 27.5. The van der Waals surface area contributed by atoms with Gasteiger partial charge in [0.2, 0.25) is 0 Å². The number of anilines is 1. The molecule has 0 aromatic heterocycles. The molecular weight excluding hydrogens is 879 g/mol. The summed E-state index contributed by atoms with van der Waals surface area (Å²) in [7, 11) is 2.49. The fourth-order valence-corrected chi connectivity index (χ4v) is 25.6. The molecule has 0 amide bonds. The first-order valence-corrected chi connectivity index (χ1v) is 27.3. The standard InChI is InChI=1S/C72H13N/c1-73(12-8-4-6-10-5-2-3-7-11(10)12)9-72-69-65-59-45-37-29-17-14-13-15-18(17)30-32-28-22(15)24-20-16(13)19-23-21(14)27-31(29)43(45)51-49-35(27)33(23)41-39-25(19)26(20)40-42-34(24)36(28)50-52-44(32)46(38(30)37)60(59)66(69)62(52)64-56(50)54(42)58-48(40)47(39)57-53(41)55(49)63(61(51)65)70(72)67(57)68(58)71(64)72/h2-8,69H,9H2,1H3. The molecule has 34 rings (SSSR count). The van der Waals surface area contributed by atoms with Gasteiger partial charge in [-0.25, -0.2) is 0 Å². The molecule has 0 heterocycles. The summed E-state index contributed by atoms with van der Waals surface area (Å²) < 4.78 is 0. The Morgan fingerprint density at radius 2 is 0.507 bits per heavy atom. The highest BCUT2D eigenvalue weighted by atomic mass is 15.1. The topological polar surface area (TPSA) is 3.24 Å². The van der Waals surface area contributed by atoms with E-state index in [-0.39, 0.29) is 11.3 Å². The van der Waals surface area contributed by atoms with Crippen LogP contribution in [0, 0.1) is 0 Å². The van der Waals surface area contributed by atoms with Crippen LogP contribution in [0.5, 0.6) is 0 Å². The average molecular weight is 892 g/mol. The molecule has 0 fully saturated rings. The lowest BCUT2D eigenvalue weighted by atomic mass is 9.57. The van der Waals surface area contributed by atoms with Crippen LogP contribution in [0.1, 0.15) is 28.2 Å². The van der Waals surface area contributed by atoms with Crippen molar-refractivity contribution in [1.82, 2.24) is 0 Å². The fourth-order valence-electron chi connectivity index (χ4n) is 25.6. The third-order valence-electron chi connectivity index (χ3n) is 26.0. The normalized spacial score (nSPS) is 20.4. The Kier molecular flexibility index (Phi) is 2.42. The second-order valence-corrected chi connectivity index (χ2v) is 26.6. The molecule has 0 aliphatic heterocycles. The highest BCUT2D eigenvalue weighted by molar-refractivity contribution is 6.82. The molecule has 0 spiro atoms. The van der Waals surface area contributed by atoms with E-state index >= 15 is 0 Å². The van der Waals surface area contributed by atoms with Crippen molar-refractivity contribution in [2.75, 3.05) is 18.5 Å². The molecular formula is C72H13N. The van der Waals surface area contributed by atoms with Crippen molar-refractivity contribution >= 4 is 307 Å². The monoisotopic (exact) mass is 891 g/mol. The van der Waals surface area contributed by atoms with Gasteiger partial charge in [0.15, 0.2) is 0 Å². The van der Waals surface area contributed by atoms with Gasteiger partial charge in [-0.05, 0) is 325 Å². The van der Waals surface area contributed by atoms with Gasteiger partial charge in [0, 0.05) is 30.6 Å². The molecule has 0 radical (unpaired) electrons. The Hall–Kier alpha value is -9.04. The first-order valence-electron chi connectivity index (χ1n) is 27.3. The summed E-state index contributed by atoms with van der Waals surface area (Å²) in [4.78, 5) is 2.79. The summed E-state index contributed by atoms with van der Waals surface area (Å²) in [5, 5.41) is 92.8. The molecule has 0 N–H and O–H groups in total. The van der Waals surface area contributed by atoms with Crippen LogP contribution in [-0.2, 0) is 5.41 Å². The maximum Gasteiger partial charge on any atom is 0.0512 e. The molecule has 1 heteroatoms. The number of hydrogen-bond acceptors (Lipinski definition) is 1. The summed E-state index contributed by atoms with van der Waals surface area (Å²) >= 11 is 0. The lowest BCUT2D eigenvalue weighted by molar-refractivity contribution is 0.477. The fraction of sp³-hybridized carbons (Fsp3) is 0.0556. The van der Waals surface area contributed by atoms with Crippen LogP contribution in [0.25, 0.3) is 302 Å². The lowest BCUT2D eigenvalue weighted by Crippen LogP contribution is -2.46. The second kappa shape index (κ2) is 6.42. The predicted octanol–water partition coefficient (Wildman–Crippen LogP) is 19.4. The quantitative estimate of drug-likeness (QED) is 0.160. The number of rotatable bonds is 3. The maximum absolute atomic E-state index is 2.79. The van der Waals surface area contributed by atoms with Crippen LogP contribution in [0.15, 0.2) is 42.5 Å². The van der Waals surface area contributed by atoms with E-state index < -0.39 is 0 Å². The van der Waals surface area contributed by atoms with Crippen molar-refractivity contribution < 1.29 is 0 Å². The number of benzene rings is 20. The van der Waals surface area contributed by atoms with Crippen molar-refractivity contribution in [1.29, 1.82) is 0 Å². The molecule has 30 aromatic carbocycles. The zero-order chi connectivity index (χ0) is 43.5. The SMILES string of the molecule is CN(CC12c3c4c5c6c7c8c(c9c%10c1c1c3c3c%11c4c4c5c5c7c7c%12c8c8c9c9c%10c%10c1c1c3c3c%11c%11c4c4c5c7c5c7c%12c8c8c9c9c%10c1c1c3c3c%11c4c5c4c7c8c9c1c34)C62)c1cccc2ccccc12. The highest BCUT2D eigenvalue weighted by Crippen LogP contribution is 2.83. The van der Waals surface area contributed by atoms with Crippen molar-refractivity contribution in [3.63, 3.8) is 0 Å². The van der Waals surface area contributed by atoms with Gasteiger partial charge in [-0.15, -0.1) is 0 Å². The number of fused-ring (bicyclic) bond motifs is 1. The average Bonchev–Trinajstić information content (AvgIpc) is 4.42. The molecule has 4 aliphatic carbocycles. The van der Waals surface area contributed by atoms with Crippen LogP contribution >= 0.6 is 0 Å². The number of nitrogens with zero attached hydrogens (tertiary/aromatic N) is 1. The first-order chi connectivity index (χ1) is 36.3. The van der Waals surface area contributed by atoms with Gasteiger partial charge in [0.1, 0.15) is 0 Å². The van der Waals surface area contributed by atoms with Gasteiger partial charge in [-0.3, -0.25) is 0 Å². The van der Waals surface area contributed by atoms with Gasteiger partial charge < -0.3 is 4.90 Å². The zero-order valence-corrected chi connectivity index (χ0v) is 37.8. The number of hydrogen-bond donors (Lipinski definition) is 0. The lowest BCUT2D eigenvalue weighted by Gasteiger charge is -2.47. The summed E-state index contributed by atoms with van der Waals surface area (Å²) in [6.07, 6.45) is 0. The Bertz CT molecular complexity index is 7450. The molecule has 0 unspecified atom stereocenters. The molecule has 0 saturated carbocycles. The zero-order valence-electron chi connectivity index (χ0n) is 37.8. The predicted molar refractivity (Wildman–Crippen MR) is 312 cm³/mol. The minimum atomic E-state index is -0.281. The van der Waals surface area contributed by atoms with Gasteiger partial charge in [0.05, 0.1) is 5.41 Å². The summed E-state index contributed by atoms with van der Waals surface area (Å²) in [5.41, 5.74) is 8.09. The largest absolute Gasteiger partial charge is 0.373 e. The third-order valence-corrected chi connectivity index (χ3v) is 26.0. The van der Waals surface area contributed by atoms with E-state index in [1.165, 1.54) is 16.5 Å². The molecule has 4 aliphatic rings. The molecule has 0 bridgehead atoms. The molecule has 0 saturated heterocycles. The van der Waals surface area contributed by atoms with Crippen LogP contribution in [-0.4, -0.2) is 13.6 Å². The second-order valence-electron chi connectivity index (χ2n) is 26.6. The van der Waals surface area contributed by atoms with E-state index in [9.17, 15) is 0 Å². The van der Waals surface area contributed by atoms with Gasteiger partial charge in [0.25, 0.3) is 0 Å². The van der Waals surface area contributed by atoms with E-state index in [1.54, 1.807) is 313 Å². The van der Waals surface area contributed by atoms with Crippen molar-refractivity contribution in [2.24, 2.45) is 0 Å². The van der Waals surface area contributed by atoms with Crippen LogP contribution < -0.4 is 4.90 Å². The Labute approximate surface area is 399 Å². The van der Waals surface area contributed by atoms with Crippen LogP contribution in [0.4, 0.5) is 5.69 Å². The van der Waals surface area contributed by atoms with Gasteiger partial charge >= 0.3 is 0 Å². The summed E-state index contributed by atoms with van der Waals surface area (Å²) in [6.45, 7) is 0.960. The minimum Gasteiger partial charge on any atom is -0.373 e. The van der Waals surface area contributed by atoms with E-state index in [4.69, 9.17) is 0 Å². The van der Waals surface area contributed by atoms with Gasteiger partial charge in [-0.2, -0.15) is 0 Å². The molecule has 73 heavy (non-hydrogen) atoms. The molecule has 0 atom stereocenters. The molecule has 30 aromatic rings. The highest BCUT2D eigenvalue weighted by Gasteiger charge is 2.63. The van der Waals surface area contributed by atoms with Crippen molar-refractivity contribution in [3.8, 4) is 0 Å². The summed E-state index contributed by atoms with van der Waals surface area (Å²) in [5.74, 6) is 0.246. The Balaban J connectivity index is 1.09. The maximum atomic E-state index is 2.79. The smallest absolute Gasteiger partial charge is 0.0512 e. The van der Waals surface area contributed by atoms with Crippen molar-refractivity contribution in [2.45, 2.75) is 11.3 Å². The van der Waals surface area contributed by atoms with Crippen LogP contribution in [0.3, 0.4) is 0 Å². The van der Waals surface area contributed by atoms with Crippen LogP contribution in [0.2, 0.25) is 0 Å². The van der Waals surface area contributed by atoms with Crippen molar-refractivity contribution in [3.05, 3.63) is 64.7 Å². The molecule has 306 valence electrons. The van der Waals surface area contributed by atoms with Gasteiger partial charge in [-0.1, -0.05) is 36.4 Å². The minimum absolute atomic E-state index is 0.246. The van der Waals surface area contributed by atoms with E-state index in [0.717, 1.165) is 6.54 Å².